The molecule has 128 valence electrons. The van der Waals surface area contributed by atoms with Gasteiger partial charge in [-0.05, 0) is 23.8 Å². The van der Waals surface area contributed by atoms with Gasteiger partial charge in [0.05, 0.1) is 13.7 Å². The molecule has 0 aromatic heterocycles. The first-order valence-electron chi connectivity index (χ1n) is 6.64. The van der Waals surface area contributed by atoms with E-state index >= 15 is 0 Å². The van der Waals surface area contributed by atoms with E-state index in [4.69, 9.17) is 15.9 Å². The van der Waals surface area contributed by atoms with Gasteiger partial charge in [0, 0.05) is 6.08 Å². The van der Waals surface area contributed by atoms with E-state index in [0.29, 0.717) is 5.56 Å². The Balaban J connectivity index is 2.61. The smallest absolute Gasteiger partial charge is 0.387 e. The zero-order valence-electron chi connectivity index (χ0n) is 12.8. The fourth-order valence-electron chi connectivity index (χ4n) is 1.53. The van der Waals surface area contributed by atoms with E-state index in [1.54, 1.807) is 0 Å². The van der Waals surface area contributed by atoms with Gasteiger partial charge in [-0.25, -0.2) is 4.79 Å². The minimum Gasteiger partial charge on any atom is -0.493 e. The van der Waals surface area contributed by atoms with Crippen LogP contribution in [0.4, 0.5) is 8.78 Å². The topological polar surface area (TPSA) is 73.9 Å². The molecule has 8 heteroatoms. The molecule has 0 saturated carbocycles. The van der Waals surface area contributed by atoms with Gasteiger partial charge in [0.15, 0.2) is 18.1 Å². The number of terminal acetylenes is 1. The first-order valence-corrected chi connectivity index (χ1v) is 6.64. The number of nitrogens with one attached hydrogen (secondary N) is 1. The molecule has 0 unspecified atom stereocenters. The lowest BCUT2D eigenvalue weighted by molar-refractivity contribution is -0.143. The van der Waals surface area contributed by atoms with Crippen LogP contribution in [-0.2, 0) is 14.3 Å². The van der Waals surface area contributed by atoms with Crippen LogP contribution in [0.1, 0.15) is 5.56 Å². The van der Waals surface area contributed by atoms with Crippen LogP contribution in [0.25, 0.3) is 6.08 Å². The predicted octanol–water partition coefficient (Wildman–Crippen LogP) is 1.60. The van der Waals surface area contributed by atoms with Crippen LogP contribution in [0.2, 0.25) is 0 Å². The summed E-state index contributed by atoms with van der Waals surface area (Å²) < 4.78 is 38.4. The Morgan fingerprint density at radius 2 is 2.12 bits per heavy atom. The molecule has 0 atom stereocenters. The average molecular weight is 339 g/mol. The number of carbonyl (C=O) groups excluding carboxylic acids is 2. The molecule has 0 spiro atoms. The van der Waals surface area contributed by atoms with Crippen LogP contribution in [0.15, 0.2) is 24.3 Å². The minimum absolute atomic E-state index is 0.0407. The highest BCUT2D eigenvalue weighted by molar-refractivity contribution is 5.89. The highest BCUT2D eigenvalue weighted by atomic mass is 19.3. The van der Waals surface area contributed by atoms with E-state index in [-0.39, 0.29) is 18.0 Å². The van der Waals surface area contributed by atoms with Gasteiger partial charge < -0.3 is 19.5 Å². The Kier molecular flexibility index (Phi) is 7.78. The highest BCUT2D eigenvalue weighted by Crippen LogP contribution is 2.29. The van der Waals surface area contributed by atoms with E-state index in [1.807, 2.05) is 0 Å². The van der Waals surface area contributed by atoms with Crippen molar-refractivity contribution in [2.24, 2.45) is 0 Å². The molecule has 0 bridgehead atoms. The number of carbonyl (C=O) groups is 2. The van der Waals surface area contributed by atoms with Crippen LogP contribution < -0.4 is 14.8 Å². The van der Waals surface area contributed by atoms with Gasteiger partial charge in [-0.1, -0.05) is 12.0 Å². The molecule has 0 aliphatic carbocycles. The number of rotatable bonds is 8. The summed E-state index contributed by atoms with van der Waals surface area (Å²) in [6.07, 6.45) is 7.41. The van der Waals surface area contributed by atoms with E-state index < -0.39 is 25.1 Å². The van der Waals surface area contributed by atoms with E-state index in [1.165, 1.54) is 31.4 Å². The van der Waals surface area contributed by atoms with E-state index in [9.17, 15) is 18.4 Å². The first-order chi connectivity index (χ1) is 11.5. The third-order valence-corrected chi connectivity index (χ3v) is 2.55. The predicted molar refractivity (Wildman–Crippen MR) is 81.5 cm³/mol. The van der Waals surface area contributed by atoms with Gasteiger partial charge in [0.2, 0.25) is 0 Å². The molecule has 1 aromatic carbocycles. The monoisotopic (exact) mass is 339 g/mol. The van der Waals surface area contributed by atoms with Crippen LogP contribution in [0.5, 0.6) is 11.5 Å². The van der Waals surface area contributed by atoms with Crippen molar-refractivity contribution in [1.82, 2.24) is 5.32 Å². The van der Waals surface area contributed by atoms with Crippen molar-refractivity contribution in [1.29, 1.82) is 0 Å². The molecule has 0 radical (unpaired) electrons. The Bertz CT molecular complexity index is 652. The van der Waals surface area contributed by atoms with Crippen LogP contribution in [-0.4, -0.2) is 38.7 Å². The number of halogens is 2. The van der Waals surface area contributed by atoms with Gasteiger partial charge in [-0.3, -0.25) is 4.79 Å². The van der Waals surface area contributed by atoms with Gasteiger partial charge in [0.1, 0.15) is 0 Å². The Morgan fingerprint density at radius 3 is 2.75 bits per heavy atom. The Labute approximate surface area is 137 Å². The molecule has 1 rings (SSSR count). The number of benzene rings is 1. The summed E-state index contributed by atoms with van der Waals surface area (Å²) in [4.78, 5) is 22.7. The second-order valence-electron chi connectivity index (χ2n) is 4.21. The molecular formula is C16H15F2NO5. The quantitative estimate of drug-likeness (QED) is 0.442. The van der Waals surface area contributed by atoms with Crippen molar-refractivity contribution < 1.29 is 32.6 Å². The van der Waals surface area contributed by atoms with Crippen LogP contribution in [0.3, 0.4) is 0 Å². The molecule has 1 amide bonds. The number of hydrogen-bond acceptors (Lipinski definition) is 5. The lowest BCUT2D eigenvalue weighted by Crippen LogP contribution is -2.28. The molecule has 6 nitrogen and oxygen atoms in total. The summed E-state index contributed by atoms with van der Waals surface area (Å²) in [6.45, 7) is -3.40. The minimum atomic E-state index is -2.98. The molecule has 0 aliphatic heterocycles. The summed E-state index contributed by atoms with van der Waals surface area (Å²) in [6, 6.07) is 4.13. The van der Waals surface area contributed by atoms with Crippen molar-refractivity contribution in [3.05, 3.63) is 29.8 Å². The summed E-state index contributed by atoms with van der Waals surface area (Å²) in [5.74, 6) is 0.885. The third kappa shape index (κ3) is 6.79. The van der Waals surface area contributed by atoms with Crippen molar-refractivity contribution in [2.75, 3.05) is 20.3 Å². The molecular weight excluding hydrogens is 324 g/mol. The maximum Gasteiger partial charge on any atom is 0.387 e. The van der Waals surface area contributed by atoms with E-state index in [2.05, 4.69) is 16.0 Å². The molecule has 0 saturated heterocycles. The summed E-state index contributed by atoms with van der Waals surface area (Å²) in [5.41, 5.74) is 0.488. The molecule has 1 N–H and O–H groups in total. The number of methoxy groups -OCH3 is 1. The van der Waals surface area contributed by atoms with Crippen LogP contribution in [0, 0.1) is 12.3 Å². The molecule has 0 heterocycles. The number of alkyl halides is 2. The fraction of sp³-hybridized carbons (Fsp3) is 0.250. The number of esters is 1. The highest BCUT2D eigenvalue weighted by Gasteiger charge is 2.10. The second-order valence-corrected chi connectivity index (χ2v) is 4.21. The van der Waals surface area contributed by atoms with Gasteiger partial charge in [-0.2, -0.15) is 8.78 Å². The first kappa shape index (κ1) is 19.0. The van der Waals surface area contributed by atoms with Gasteiger partial charge >= 0.3 is 12.6 Å². The zero-order valence-corrected chi connectivity index (χ0v) is 12.8. The van der Waals surface area contributed by atoms with Gasteiger partial charge in [0.25, 0.3) is 5.91 Å². The standard InChI is InChI=1S/C16H15F2NO5/c1-3-8-19-14(20)10-23-15(21)7-5-11-4-6-12(24-16(17)18)13(9-11)22-2/h1,4-7,9,16H,8,10H2,2H3,(H,19,20)/b7-5+. The van der Waals surface area contributed by atoms with E-state index in [0.717, 1.165) is 6.08 Å². The maximum absolute atomic E-state index is 12.2. The third-order valence-electron chi connectivity index (χ3n) is 2.55. The lowest BCUT2D eigenvalue weighted by Gasteiger charge is -2.10. The zero-order chi connectivity index (χ0) is 17.9. The number of ether oxygens (including phenoxy) is 3. The number of amides is 1. The lowest BCUT2D eigenvalue weighted by atomic mass is 10.2. The Hall–Kier alpha value is -3.08. The second kappa shape index (κ2) is 9.84. The largest absolute Gasteiger partial charge is 0.493 e. The molecule has 0 fully saturated rings. The fourth-order valence-corrected chi connectivity index (χ4v) is 1.53. The van der Waals surface area contributed by atoms with Crippen LogP contribution >= 0.6 is 0 Å². The van der Waals surface area contributed by atoms with Crippen molar-refractivity contribution in [3.63, 3.8) is 0 Å². The van der Waals surface area contributed by atoms with Crippen molar-refractivity contribution in [3.8, 4) is 23.8 Å². The van der Waals surface area contributed by atoms with Crippen molar-refractivity contribution in [2.45, 2.75) is 6.61 Å². The van der Waals surface area contributed by atoms with Gasteiger partial charge in [-0.15, -0.1) is 6.42 Å². The number of hydrogen-bond donors (Lipinski definition) is 1. The molecule has 0 aliphatic rings. The maximum atomic E-state index is 12.2. The normalized spacial score (nSPS) is 10.3. The summed E-state index contributed by atoms with van der Waals surface area (Å²) in [7, 11) is 1.30. The Morgan fingerprint density at radius 1 is 1.38 bits per heavy atom. The average Bonchev–Trinajstić information content (AvgIpc) is 2.56. The summed E-state index contributed by atoms with van der Waals surface area (Å²) in [5, 5.41) is 2.33. The molecule has 1 aromatic rings. The van der Waals surface area contributed by atoms with Crippen molar-refractivity contribution >= 4 is 18.0 Å². The SMILES string of the molecule is C#CCNC(=O)COC(=O)/C=C/c1ccc(OC(F)F)c(OC)c1. The summed E-state index contributed by atoms with van der Waals surface area (Å²) >= 11 is 0. The molecule has 24 heavy (non-hydrogen) atoms.